The molecule has 1 amide bonds. The fourth-order valence-electron chi connectivity index (χ4n) is 3.25. The number of hydrogen-bond donors (Lipinski definition) is 1. The van der Waals surface area contributed by atoms with Crippen molar-refractivity contribution in [1.29, 1.82) is 0 Å². The van der Waals surface area contributed by atoms with E-state index in [9.17, 15) is 13.2 Å². The van der Waals surface area contributed by atoms with Gasteiger partial charge in [-0.25, -0.2) is 8.42 Å². The van der Waals surface area contributed by atoms with Crippen molar-refractivity contribution in [3.63, 3.8) is 0 Å². The van der Waals surface area contributed by atoms with Crippen LogP contribution in [0.5, 0.6) is 0 Å². The van der Waals surface area contributed by atoms with E-state index in [-0.39, 0.29) is 16.8 Å². The van der Waals surface area contributed by atoms with Crippen LogP contribution in [-0.4, -0.2) is 31.7 Å². The summed E-state index contributed by atoms with van der Waals surface area (Å²) in [6.07, 6.45) is 1.80. The highest BCUT2D eigenvalue weighted by molar-refractivity contribution is 7.89. The molecule has 3 rings (SSSR count). The van der Waals surface area contributed by atoms with Crippen LogP contribution >= 0.6 is 0 Å². The number of hydrogen-bond acceptors (Lipinski definition) is 3. The molecule has 27 heavy (non-hydrogen) atoms. The molecule has 1 N–H and O–H groups in total. The van der Waals surface area contributed by atoms with Crippen LogP contribution in [0.15, 0.2) is 47.4 Å². The fraction of sp³-hybridized carbons (Fsp3) is 0.381. The maximum atomic E-state index is 12.6. The molecule has 0 bridgehead atoms. The van der Waals surface area contributed by atoms with E-state index in [1.807, 2.05) is 26.0 Å². The van der Waals surface area contributed by atoms with E-state index in [2.05, 4.69) is 18.3 Å². The second-order valence-corrected chi connectivity index (χ2v) is 9.11. The molecule has 1 atom stereocenters. The molecule has 1 fully saturated rings. The Hall–Kier alpha value is -2.18. The summed E-state index contributed by atoms with van der Waals surface area (Å²) in [5.41, 5.74) is 3.89. The number of nitrogens with one attached hydrogen (secondary N) is 1. The normalized spacial score (nSPS) is 16.3. The van der Waals surface area contributed by atoms with Crippen LogP contribution in [0, 0.1) is 13.8 Å². The molecule has 0 radical (unpaired) electrons. The molecule has 1 aliphatic rings. The zero-order valence-corrected chi connectivity index (χ0v) is 16.8. The zero-order chi connectivity index (χ0) is 19.6. The van der Waals surface area contributed by atoms with Crippen molar-refractivity contribution >= 4 is 15.9 Å². The molecule has 144 valence electrons. The molecule has 1 saturated heterocycles. The highest BCUT2D eigenvalue weighted by atomic mass is 32.2. The second-order valence-electron chi connectivity index (χ2n) is 7.17. The summed E-state index contributed by atoms with van der Waals surface area (Å²) in [5.74, 6) is -0.217. The van der Waals surface area contributed by atoms with Crippen LogP contribution in [0.1, 0.15) is 52.9 Å². The van der Waals surface area contributed by atoms with E-state index in [4.69, 9.17) is 0 Å². The van der Waals surface area contributed by atoms with Gasteiger partial charge < -0.3 is 5.32 Å². The third kappa shape index (κ3) is 4.22. The molecule has 0 aliphatic carbocycles. The maximum absolute atomic E-state index is 12.6. The Labute approximate surface area is 161 Å². The van der Waals surface area contributed by atoms with Crippen LogP contribution in [0.4, 0.5) is 0 Å². The van der Waals surface area contributed by atoms with Crippen molar-refractivity contribution in [2.24, 2.45) is 0 Å². The van der Waals surface area contributed by atoms with Crippen LogP contribution in [-0.2, 0) is 10.0 Å². The van der Waals surface area contributed by atoms with Crippen LogP contribution in [0.3, 0.4) is 0 Å². The first-order valence-electron chi connectivity index (χ1n) is 9.27. The summed E-state index contributed by atoms with van der Waals surface area (Å²) >= 11 is 0. The third-order valence-corrected chi connectivity index (χ3v) is 7.11. The van der Waals surface area contributed by atoms with E-state index in [0.29, 0.717) is 18.7 Å². The summed E-state index contributed by atoms with van der Waals surface area (Å²) in [4.78, 5) is 12.8. The minimum Gasteiger partial charge on any atom is -0.346 e. The van der Waals surface area contributed by atoms with Crippen molar-refractivity contribution in [2.45, 2.75) is 44.6 Å². The van der Waals surface area contributed by atoms with Gasteiger partial charge in [0.1, 0.15) is 0 Å². The Morgan fingerprint density at radius 1 is 1.00 bits per heavy atom. The highest BCUT2D eigenvalue weighted by Gasteiger charge is 2.27. The molecule has 0 unspecified atom stereocenters. The number of aryl methyl sites for hydroxylation is 2. The molecular formula is C21H26N2O3S. The zero-order valence-electron chi connectivity index (χ0n) is 16.0. The summed E-state index contributed by atoms with van der Waals surface area (Å²) in [7, 11) is -3.45. The molecule has 1 heterocycles. The molecule has 6 heteroatoms. The van der Waals surface area contributed by atoms with E-state index in [1.165, 1.54) is 27.6 Å². The van der Waals surface area contributed by atoms with Gasteiger partial charge in [0.15, 0.2) is 0 Å². The van der Waals surface area contributed by atoms with Gasteiger partial charge in [0.25, 0.3) is 5.91 Å². The van der Waals surface area contributed by atoms with Crippen molar-refractivity contribution in [3.05, 3.63) is 64.7 Å². The monoisotopic (exact) mass is 386 g/mol. The minimum absolute atomic E-state index is 0.134. The molecule has 1 aliphatic heterocycles. The smallest absolute Gasteiger partial charge is 0.251 e. The van der Waals surface area contributed by atoms with Crippen molar-refractivity contribution in [2.75, 3.05) is 13.1 Å². The standard InChI is InChI=1S/C21H26N2O3S/c1-15-6-7-19(14-16(15)2)17(3)22-21(24)18-8-10-20(11-9-18)27(25,26)23-12-4-5-13-23/h6-11,14,17H,4-5,12-13H2,1-3H3,(H,22,24)/t17-/m1/s1. The average Bonchev–Trinajstić information content (AvgIpc) is 3.19. The Morgan fingerprint density at radius 3 is 2.22 bits per heavy atom. The number of carbonyl (C=O) groups excluding carboxylic acids is 1. The molecule has 0 spiro atoms. The topological polar surface area (TPSA) is 66.5 Å². The summed E-state index contributed by atoms with van der Waals surface area (Å²) in [6, 6.07) is 12.2. The van der Waals surface area contributed by atoms with Crippen LogP contribution in [0.2, 0.25) is 0 Å². The predicted molar refractivity (Wildman–Crippen MR) is 106 cm³/mol. The highest BCUT2D eigenvalue weighted by Crippen LogP contribution is 2.22. The third-order valence-electron chi connectivity index (χ3n) is 5.20. The lowest BCUT2D eigenvalue weighted by atomic mass is 10.0. The van der Waals surface area contributed by atoms with E-state index in [1.54, 1.807) is 12.1 Å². The van der Waals surface area contributed by atoms with Gasteiger partial charge in [0.05, 0.1) is 10.9 Å². The first-order chi connectivity index (χ1) is 12.8. The van der Waals surface area contributed by atoms with Gasteiger partial charge in [-0.05, 0) is 74.6 Å². The van der Waals surface area contributed by atoms with Gasteiger partial charge in [-0.1, -0.05) is 18.2 Å². The second kappa shape index (κ2) is 7.82. The maximum Gasteiger partial charge on any atom is 0.251 e. The number of benzene rings is 2. The SMILES string of the molecule is Cc1ccc([C@@H](C)NC(=O)c2ccc(S(=O)(=O)N3CCCC3)cc2)cc1C. The Kier molecular flexibility index (Phi) is 5.67. The lowest BCUT2D eigenvalue weighted by Crippen LogP contribution is -2.28. The van der Waals surface area contributed by atoms with Gasteiger partial charge in [-0.3, -0.25) is 4.79 Å². The summed E-state index contributed by atoms with van der Waals surface area (Å²) in [5, 5.41) is 2.97. The number of amides is 1. The number of rotatable bonds is 5. The number of carbonyl (C=O) groups is 1. The number of sulfonamides is 1. The Bertz CT molecular complexity index is 930. The van der Waals surface area contributed by atoms with E-state index >= 15 is 0 Å². The van der Waals surface area contributed by atoms with Gasteiger partial charge in [-0.2, -0.15) is 4.31 Å². The first-order valence-corrected chi connectivity index (χ1v) is 10.7. The molecule has 0 saturated carbocycles. The van der Waals surface area contributed by atoms with Gasteiger partial charge >= 0.3 is 0 Å². The Balaban J connectivity index is 1.71. The number of nitrogens with zero attached hydrogens (tertiary/aromatic N) is 1. The molecule has 2 aromatic carbocycles. The van der Waals surface area contributed by atoms with Gasteiger partial charge in [0, 0.05) is 18.7 Å². The first kappa shape index (κ1) is 19.6. The van der Waals surface area contributed by atoms with Crippen LogP contribution < -0.4 is 5.32 Å². The lowest BCUT2D eigenvalue weighted by Gasteiger charge is -2.17. The minimum atomic E-state index is -3.45. The van der Waals surface area contributed by atoms with Gasteiger partial charge in [0.2, 0.25) is 10.0 Å². The largest absolute Gasteiger partial charge is 0.346 e. The molecule has 5 nitrogen and oxygen atoms in total. The molecular weight excluding hydrogens is 360 g/mol. The molecule has 2 aromatic rings. The van der Waals surface area contributed by atoms with E-state index in [0.717, 1.165) is 18.4 Å². The quantitative estimate of drug-likeness (QED) is 0.854. The predicted octanol–water partition coefficient (Wildman–Crippen LogP) is 3.58. The van der Waals surface area contributed by atoms with Crippen molar-refractivity contribution in [3.8, 4) is 0 Å². The van der Waals surface area contributed by atoms with E-state index < -0.39 is 10.0 Å². The molecule has 0 aromatic heterocycles. The average molecular weight is 387 g/mol. The fourth-order valence-corrected chi connectivity index (χ4v) is 4.77. The summed E-state index contributed by atoms with van der Waals surface area (Å²) < 4.78 is 26.6. The van der Waals surface area contributed by atoms with Crippen molar-refractivity contribution < 1.29 is 13.2 Å². The van der Waals surface area contributed by atoms with Crippen molar-refractivity contribution in [1.82, 2.24) is 9.62 Å². The lowest BCUT2D eigenvalue weighted by molar-refractivity contribution is 0.0939. The summed E-state index contributed by atoms with van der Waals surface area (Å²) in [6.45, 7) is 7.18. The van der Waals surface area contributed by atoms with Gasteiger partial charge in [-0.15, -0.1) is 0 Å². The Morgan fingerprint density at radius 2 is 1.63 bits per heavy atom. The van der Waals surface area contributed by atoms with Crippen LogP contribution in [0.25, 0.3) is 0 Å².